The molecule has 1 aliphatic carbocycles. The Hall–Kier alpha value is -2.28. The minimum atomic E-state index is -0.176. The van der Waals surface area contributed by atoms with E-state index in [2.05, 4.69) is 51.6 Å². The van der Waals surface area contributed by atoms with E-state index >= 15 is 0 Å². The average molecular weight is 556 g/mol. The number of hydrogen-bond donors (Lipinski definition) is 1. The van der Waals surface area contributed by atoms with E-state index < -0.39 is 0 Å². The molecular weight excluding hydrogens is 514 g/mol. The van der Waals surface area contributed by atoms with Crippen molar-refractivity contribution >= 4 is 44.6 Å². The van der Waals surface area contributed by atoms with E-state index in [4.69, 9.17) is 22.1 Å². The molecule has 6 rings (SSSR count). The summed E-state index contributed by atoms with van der Waals surface area (Å²) in [5.74, 6) is 0.686. The Balaban J connectivity index is 0.000000167. The van der Waals surface area contributed by atoms with Gasteiger partial charge in [-0.2, -0.15) is 0 Å². The molecular formula is C31H42ClN3O2S. The highest BCUT2D eigenvalue weighted by molar-refractivity contribution is 7.17. The van der Waals surface area contributed by atoms with Crippen molar-refractivity contribution in [3.63, 3.8) is 0 Å². The van der Waals surface area contributed by atoms with Gasteiger partial charge in [-0.05, 0) is 111 Å². The predicted octanol–water partition coefficient (Wildman–Crippen LogP) is 7.15. The molecule has 0 bridgehead atoms. The van der Waals surface area contributed by atoms with Gasteiger partial charge in [-0.3, -0.25) is 4.79 Å². The van der Waals surface area contributed by atoms with E-state index in [1.165, 1.54) is 73.1 Å². The van der Waals surface area contributed by atoms with Crippen LogP contribution in [0, 0.1) is 5.92 Å². The number of benzene rings is 2. The SMILES string of the molecule is CC.Clc1cc(CCCN2CCCC2)ccc1OC1CC1.NC(=O)C1CCN(c2ccc3ccsc3c2)C1. The maximum absolute atomic E-state index is 11.1. The van der Waals surface area contributed by atoms with Crippen LogP contribution in [-0.4, -0.2) is 49.6 Å². The minimum Gasteiger partial charge on any atom is -0.489 e. The number of halogens is 1. The van der Waals surface area contributed by atoms with Crippen LogP contribution in [0.2, 0.25) is 5.02 Å². The molecule has 5 nitrogen and oxygen atoms in total. The molecule has 0 spiro atoms. The molecule has 0 radical (unpaired) electrons. The maximum Gasteiger partial charge on any atom is 0.222 e. The second kappa shape index (κ2) is 14.2. The zero-order valence-electron chi connectivity index (χ0n) is 22.8. The van der Waals surface area contributed by atoms with Crippen molar-refractivity contribution in [2.24, 2.45) is 11.7 Å². The summed E-state index contributed by atoms with van der Waals surface area (Å²) in [5.41, 5.74) is 7.87. The number of aryl methyl sites for hydroxylation is 1. The summed E-state index contributed by atoms with van der Waals surface area (Å²) in [7, 11) is 0. The van der Waals surface area contributed by atoms with Crippen LogP contribution in [-0.2, 0) is 11.2 Å². The van der Waals surface area contributed by atoms with Gasteiger partial charge in [-0.15, -0.1) is 11.3 Å². The van der Waals surface area contributed by atoms with Gasteiger partial charge in [0.25, 0.3) is 0 Å². The second-order valence-electron chi connectivity index (χ2n) is 10.2. The fourth-order valence-corrected chi connectivity index (χ4v) is 6.11. The molecule has 3 aromatic rings. The van der Waals surface area contributed by atoms with Gasteiger partial charge in [-0.25, -0.2) is 0 Å². The predicted molar refractivity (Wildman–Crippen MR) is 162 cm³/mol. The number of nitrogens with two attached hydrogens (primary N) is 1. The third-order valence-electron chi connectivity index (χ3n) is 7.35. The van der Waals surface area contributed by atoms with Crippen LogP contribution < -0.4 is 15.4 Å². The lowest BCUT2D eigenvalue weighted by Gasteiger charge is -2.18. The lowest BCUT2D eigenvalue weighted by atomic mass is 10.1. The van der Waals surface area contributed by atoms with E-state index in [1.807, 2.05) is 19.9 Å². The van der Waals surface area contributed by atoms with E-state index in [1.54, 1.807) is 11.3 Å². The summed E-state index contributed by atoms with van der Waals surface area (Å²) in [6.45, 7) is 9.47. The van der Waals surface area contributed by atoms with E-state index in [9.17, 15) is 4.79 Å². The van der Waals surface area contributed by atoms with Crippen molar-refractivity contribution in [2.45, 2.75) is 64.9 Å². The normalized spacial score (nSPS) is 19.0. The number of thiophene rings is 1. The quantitative estimate of drug-likeness (QED) is 0.320. The van der Waals surface area contributed by atoms with Crippen LogP contribution in [0.5, 0.6) is 5.75 Å². The Kier molecular flexibility index (Phi) is 10.7. The molecule has 1 aromatic heterocycles. The monoisotopic (exact) mass is 555 g/mol. The van der Waals surface area contributed by atoms with Crippen LogP contribution in [0.25, 0.3) is 10.1 Å². The first-order valence-corrected chi connectivity index (χ1v) is 15.5. The lowest BCUT2D eigenvalue weighted by molar-refractivity contribution is -0.121. The van der Waals surface area contributed by atoms with Gasteiger partial charge in [-0.1, -0.05) is 37.6 Å². The number of anilines is 1. The number of primary amides is 1. The molecule has 7 heteroatoms. The number of ether oxygens (including phenoxy) is 1. The zero-order valence-corrected chi connectivity index (χ0v) is 24.4. The molecule has 2 saturated heterocycles. The highest BCUT2D eigenvalue weighted by Crippen LogP contribution is 2.33. The number of rotatable bonds is 8. The Morgan fingerprint density at radius 2 is 1.84 bits per heavy atom. The van der Waals surface area contributed by atoms with Crippen LogP contribution in [0.15, 0.2) is 47.8 Å². The van der Waals surface area contributed by atoms with Crippen LogP contribution >= 0.6 is 22.9 Å². The fourth-order valence-electron chi connectivity index (χ4n) is 5.04. The number of amides is 1. The highest BCUT2D eigenvalue weighted by Gasteiger charge is 2.27. The molecule has 1 saturated carbocycles. The molecule has 2 aromatic carbocycles. The minimum absolute atomic E-state index is 0.00836. The number of carbonyl (C=O) groups excluding carboxylic acids is 1. The van der Waals surface area contributed by atoms with Gasteiger partial charge in [0.05, 0.1) is 17.0 Å². The van der Waals surface area contributed by atoms with Gasteiger partial charge >= 0.3 is 0 Å². The molecule has 1 amide bonds. The van der Waals surface area contributed by atoms with E-state index in [0.29, 0.717) is 6.10 Å². The molecule has 1 unspecified atom stereocenters. The standard InChI is InChI=1S/C16H22ClNO.C13H14N2OS.C2H6/c17-15-12-13(4-3-11-18-9-1-2-10-18)5-8-16(15)19-14-6-7-14;14-13(16)10-3-5-15(8-10)11-2-1-9-4-6-17-12(9)7-11;1-2/h5,8,12,14H,1-4,6-7,9-11H2;1-2,4,6-7,10H,3,5,8H2,(H2,14,16);1-2H3. The fraction of sp³-hybridized carbons (Fsp3) is 0.516. The van der Waals surface area contributed by atoms with Crippen molar-refractivity contribution in [1.29, 1.82) is 0 Å². The number of nitrogens with zero attached hydrogens (tertiary/aromatic N) is 2. The summed E-state index contributed by atoms with van der Waals surface area (Å²) >= 11 is 8.02. The number of hydrogen-bond acceptors (Lipinski definition) is 5. The number of likely N-dealkylation sites (tertiary alicyclic amines) is 1. The van der Waals surface area contributed by atoms with Crippen molar-refractivity contribution < 1.29 is 9.53 Å². The van der Waals surface area contributed by atoms with Crippen LogP contribution in [0.4, 0.5) is 5.69 Å². The zero-order chi connectivity index (χ0) is 26.9. The number of fused-ring (bicyclic) bond motifs is 1. The van der Waals surface area contributed by atoms with E-state index in [-0.39, 0.29) is 11.8 Å². The number of carbonyl (C=O) groups is 1. The van der Waals surface area contributed by atoms with Gasteiger partial charge in [0.2, 0.25) is 5.91 Å². The highest BCUT2D eigenvalue weighted by atomic mass is 35.5. The third-order valence-corrected chi connectivity index (χ3v) is 8.52. The summed E-state index contributed by atoms with van der Waals surface area (Å²) in [6.07, 6.45) is 8.72. The first kappa shape index (κ1) is 28.7. The van der Waals surface area contributed by atoms with Gasteiger partial charge in [0, 0.05) is 23.5 Å². The first-order valence-electron chi connectivity index (χ1n) is 14.2. The summed E-state index contributed by atoms with van der Waals surface area (Å²) in [5, 5.41) is 4.15. The Morgan fingerprint density at radius 1 is 1.05 bits per heavy atom. The van der Waals surface area contributed by atoms with E-state index in [0.717, 1.165) is 36.7 Å². The van der Waals surface area contributed by atoms with Crippen molar-refractivity contribution in [1.82, 2.24) is 4.90 Å². The first-order chi connectivity index (χ1) is 18.5. The van der Waals surface area contributed by atoms with Gasteiger partial charge in [0.15, 0.2) is 0 Å². The molecule has 2 aliphatic heterocycles. The second-order valence-corrected chi connectivity index (χ2v) is 11.6. The van der Waals surface area contributed by atoms with Crippen molar-refractivity contribution in [2.75, 3.05) is 37.6 Å². The molecule has 3 fully saturated rings. The summed E-state index contributed by atoms with van der Waals surface area (Å²) < 4.78 is 7.05. The topological polar surface area (TPSA) is 58.8 Å². The van der Waals surface area contributed by atoms with Gasteiger partial charge < -0.3 is 20.3 Å². The van der Waals surface area contributed by atoms with Gasteiger partial charge in [0.1, 0.15) is 5.75 Å². The average Bonchev–Trinajstić information content (AvgIpc) is 3.33. The molecule has 3 aliphatic rings. The molecule has 38 heavy (non-hydrogen) atoms. The molecule has 1 atom stereocenters. The molecule has 2 N–H and O–H groups in total. The smallest absolute Gasteiger partial charge is 0.222 e. The molecule has 3 heterocycles. The largest absolute Gasteiger partial charge is 0.489 e. The summed E-state index contributed by atoms with van der Waals surface area (Å²) in [6, 6.07) is 14.9. The summed E-state index contributed by atoms with van der Waals surface area (Å²) in [4.78, 5) is 16.0. The Labute approximate surface area is 236 Å². The molecule has 206 valence electrons. The Bertz CT molecular complexity index is 1170. The lowest BCUT2D eigenvalue weighted by Crippen LogP contribution is -2.27. The van der Waals surface area contributed by atoms with Crippen LogP contribution in [0.1, 0.15) is 57.9 Å². The maximum atomic E-state index is 11.1. The van der Waals surface area contributed by atoms with Crippen molar-refractivity contribution in [3.8, 4) is 5.75 Å². The third kappa shape index (κ3) is 8.11. The Morgan fingerprint density at radius 3 is 2.53 bits per heavy atom. The van der Waals surface area contributed by atoms with Crippen LogP contribution in [0.3, 0.4) is 0 Å². The van der Waals surface area contributed by atoms with Crippen molar-refractivity contribution in [3.05, 3.63) is 58.4 Å².